The zero-order chi connectivity index (χ0) is 38.4. The van der Waals surface area contributed by atoms with Gasteiger partial charge >= 0.3 is 5.97 Å². The Kier molecular flexibility index (Phi) is 13.6. The largest absolute Gasteiger partial charge is 0.464 e. The summed E-state index contributed by atoms with van der Waals surface area (Å²) >= 11 is 3.05. The summed E-state index contributed by atoms with van der Waals surface area (Å²) in [6, 6.07) is 59.9. The van der Waals surface area contributed by atoms with Gasteiger partial charge in [-0.15, -0.1) is 23.5 Å². The van der Waals surface area contributed by atoms with E-state index in [1.807, 2.05) is 109 Å². The third-order valence-electron chi connectivity index (χ3n) is 9.32. The Morgan fingerprint density at radius 3 is 1.16 bits per heavy atom. The first-order valence-electron chi connectivity index (χ1n) is 18.3. The van der Waals surface area contributed by atoms with E-state index in [1.54, 1.807) is 18.7 Å². The van der Waals surface area contributed by atoms with Gasteiger partial charge in [0.05, 0.1) is 28.4 Å². The van der Waals surface area contributed by atoms with Crippen LogP contribution in [-0.2, 0) is 28.6 Å². The summed E-state index contributed by atoms with van der Waals surface area (Å²) in [6.07, 6.45) is 0. The molecule has 1 unspecified atom stereocenters. The number of ether oxygens (including phenoxy) is 1. The van der Waals surface area contributed by atoms with Crippen molar-refractivity contribution < 1.29 is 19.1 Å². The van der Waals surface area contributed by atoms with Crippen LogP contribution in [-0.4, -0.2) is 48.5 Å². The lowest BCUT2D eigenvalue weighted by atomic mass is 9.84. The summed E-state index contributed by atoms with van der Waals surface area (Å²) in [5.41, 5.74) is 6.22. The van der Waals surface area contributed by atoms with Gasteiger partial charge in [0.2, 0.25) is 11.8 Å². The van der Waals surface area contributed by atoms with Crippen molar-refractivity contribution in [2.24, 2.45) is 0 Å². The molecule has 0 saturated heterocycles. The number of benzene rings is 6. The molecule has 8 heteroatoms. The number of amides is 2. The first kappa shape index (κ1) is 39.1. The van der Waals surface area contributed by atoms with Gasteiger partial charge in [-0.1, -0.05) is 182 Å². The van der Waals surface area contributed by atoms with E-state index in [2.05, 4.69) is 83.4 Å². The summed E-state index contributed by atoms with van der Waals surface area (Å²) in [7, 11) is 0. The molecule has 55 heavy (non-hydrogen) atoms. The lowest BCUT2D eigenvalue weighted by molar-refractivity contribution is -0.146. The molecule has 278 valence electrons. The second kappa shape index (κ2) is 19.1. The summed E-state index contributed by atoms with van der Waals surface area (Å²) in [5.74, 6) is -1.03. The molecule has 2 N–H and O–H groups in total. The number of hydrogen-bond donors (Lipinski definition) is 2. The molecule has 0 spiro atoms. The van der Waals surface area contributed by atoms with E-state index < -0.39 is 27.4 Å². The van der Waals surface area contributed by atoms with Crippen LogP contribution in [0.1, 0.15) is 40.3 Å². The standard InChI is InChI=1S/C47H44N2O4S2/c1-2-53-45(52)42(34-54-46(36-21-9-3-10-22-36,37-23-11-4-12-24-37)38-25-13-5-14-26-38)49-43(50)33-48-44(51)35-55-47(39-27-15-6-16-28-39,40-29-17-7-18-30-40)41-31-19-8-20-32-41/h3-32,42H,2,33-35H2,1H3,(H,48,51)(H,49,50). The highest BCUT2D eigenvalue weighted by Crippen LogP contribution is 2.49. The van der Waals surface area contributed by atoms with Crippen molar-refractivity contribution in [1.82, 2.24) is 10.6 Å². The molecule has 6 rings (SSSR count). The highest BCUT2D eigenvalue weighted by atomic mass is 32.2. The number of carbonyl (C=O) groups excluding carboxylic acids is 3. The molecule has 0 aliphatic heterocycles. The van der Waals surface area contributed by atoms with E-state index >= 15 is 0 Å². The normalized spacial score (nSPS) is 11.9. The highest BCUT2D eigenvalue weighted by molar-refractivity contribution is 8.01. The predicted molar refractivity (Wildman–Crippen MR) is 225 cm³/mol. The Morgan fingerprint density at radius 2 is 0.836 bits per heavy atom. The van der Waals surface area contributed by atoms with Gasteiger partial charge in [-0.25, -0.2) is 4.79 Å². The number of carbonyl (C=O) groups is 3. The SMILES string of the molecule is CCOC(=O)C(CSC(c1ccccc1)(c1ccccc1)c1ccccc1)NC(=O)CNC(=O)CSC(c1ccccc1)(c1ccccc1)c1ccccc1. The zero-order valence-electron chi connectivity index (χ0n) is 30.7. The molecule has 6 aromatic rings. The van der Waals surface area contributed by atoms with E-state index in [0.717, 1.165) is 33.4 Å². The fourth-order valence-corrected chi connectivity index (χ4v) is 9.71. The van der Waals surface area contributed by atoms with Gasteiger partial charge in [-0.2, -0.15) is 0 Å². The molecule has 6 nitrogen and oxygen atoms in total. The molecule has 1 atom stereocenters. The Bertz CT molecular complexity index is 1910. The van der Waals surface area contributed by atoms with Crippen LogP contribution < -0.4 is 10.6 Å². The number of hydrogen-bond acceptors (Lipinski definition) is 6. The molecule has 0 aliphatic rings. The molecule has 0 heterocycles. The quantitative estimate of drug-likeness (QED) is 0.0716. The Labute approximate surface area is 332 Å². The maximum absolute atomic E-state index is 13.5. The van der Waals surface area contributed by atoms with Crippen molar-refractivity contribution in [2.45, 2.75) is 22.5 Å². The van der Waals surface area contributed by atoms with Gasteiger partial charge in [0.1, 0.15) is 6.04 Å². The van der Waals surface area contributed by atoms with Crippen molar-refractivity contribution >= 4 is 41.3 Å². The molecular weight excluding hydrogens is 721 g/mol. The third kappa shape index (κ3) is 9.22. The van der Waals surface area contributed by atoms with E-state index in [-0.39, 0.29) is 30.6 Å². The lowest BCUT2D eigenvalue weighted by Gasteiger charge is -2.36. The number of esters is 1. The molecule has 0 radical (unpaired) electrons. The fraction of sp³-hybridized carbons (Fsp3) is 0.170. The molecule has 0 aromatic heterocycles. The van der Waals surface area contributed by atoms with E-state index in [9.17, 15) is 14.4 Å². The van der Waals surface area contributed by atoms with Crippen molar-refractivity contribution in [3.8, 4) is 0 Å². The molecule has 0 saturated carbocycles. The van der Waals surface area contributed by atoms with Gasteiger partial charge < -0.3 is 15.4 Å². The first-order chi connectivity index (χ1) is 27.0. The van der Waals surface area contributed by atoms with Crippen molar-refractivity contribution in [3.63, 3.8) is 0 Å². The van der Waals surface area contributed by atoms with Crippen LogP contribution in [0.2, 0.25) is 0 Å². The monoisotopic (exact) mass is 764 g/mol. The molecule has 2 amide bonds. The lowest BCUT2D eigenvalue weighted by Crippen LogP contribution is -2.48. The maximum atomic E-state index is 13.5. The first-order valence-corrected chi connectivity index (χ1v) is 20.3. The highest BCUT2D eigenvalue weighted by Gasteiger charge is 2.40. The van der Waals surface area contributed by atoms with Gasteiger partial charge in [-0.05, 0) is 40.3 Å². The van der Waals surface area contributed by atoms with Crippen LogP contribution in [0.25, 0.3) is 0 Å². The maximum Gasteiger partial charge on any atom is 0.329 e. The zero-order valence-corrected chi connectivity index (χ0v) is 32.3. The van der Waals surface area contributed by atoms with Gasteiger partial charge in [0.15, 0.2) is 0 Å². The average Bonchev–Trinajstić information content (AvgIpc) is 3.25. The molecular formula is C47H44N2O4S2. The second-order valence-electron chi connectivity index (χ2n) is 12.8. The number of rotatable bonds is 17. The van der Waals surface area contributed by atoms with Crippen LogP contribution in [0.3, 0.4) is 0 Å². The summed E-state index contributed by atoms with van der Waals surface area (Å²) in [6.45, 7) is 1.61. The Hall–Kier alpha value is -5.57. The van der Waals surface area contributed by atoms with Gasteiger partial charge in [-0.3, -0.25) is 9.59 Å². The van der Waals surface area contributed by atoms with Crippen LogP contribution in [0, 0.1) is 0 Å². The minimum atomic E-state index is -0.971. The predicted octanol–water partition coefficient (Wildman–Crippen LogP) is 8.60. The van der Waals surface area contributed by atoms with E-state index in [0.29, 0.717) is 0 Å². The van der Waals surface area contributed by atoms with Gasteiger partial charge in [0.25, 0.3) is 0 Å². The minimum Gasteiger partial charge on any atom is -0.464 e. The van der Waals surface area contributed by atoms with Crippen LogP contribution in [0.5, 0.6) is 0 Å². The Balaban J connectivity index is 1.19. The topological polar surface area (TPSA) is 84.5 Å². The third-order valence-corrected chi connectivity index (χ3v) is 12.5. The van der Waals surface area contributed by atoms with E-state index in [4.69, 9.17) is 4.74 Å². The van der Waals surface area contributed by atoms with Crippen molar-refractivity contribution in [3.05, 3.63) is 215 Å². The second-order valence-corrected chi connectivity index (χ2v) is 15.2. The smallest absolute Gasteiger partial charge is 0.329 e. The van der Waals surface area contributed by atoms with Crippen molar-refractivity contribution in [2.75, 3.05) is 24.7 Å². The van der Waals surface area contributed by atoms with Crippen molar-refractivity contribution in [1.29, 1.82) is 0 Å². The summed E-state index contributed by atoms with van der Waals surface area (Å²) < 4.78 is 4.07. The fourth-order valence-electron chi connectivity index (χ4n) is 6.81. The molecule has 0 bridgehead atoms. The molecule has 0 fully saturated rings. The summed E-state index contributed by atoms with van der Waals surface area (Å²) in [5, 5.41) is 5.68. The molecule has 6 aromatic carbocycles. The van der Waals surface area contributed by atoms with Gasteiger partial charge in [0, 0.05) is 5.75 Å². The average molecular weight is 765 g/mol. The summed E-state index contributed by atoms with van der Waals surface area (Å²) in [4.78, 5) is 40.5. The Morgan fingerprint density at radius 1 is 0.509 bits per heavy atom. The minimum absolute atomic E-state index is 0.0802. The van der Waals surface area contributed by atoms with Crippen LogP contribution in [0.15, 0.2) is 182 Å². The molecule has 0 aliphatic carbocycles. The van der Waals surface area contributed by atoms with Crippen LogP contribution in [0.4, 0.5) is 0 Å². The van der Waals surface area contributed by atoms with Crippen LogP contribution >= 0.6 is 23.5 Å². The number of thioether (sulfide) groups is 2. The number of nitrogens with one attached hydrogen (secondary N) is 2. The van der Waals surface area contributed by atoms with E-state index in [1.165, 1.54) is 11.8 Å².